The Hall–Kier alpha value is -2.39. The number of sulfonamides is 1. The van der Waals surface area contributed by atoms with Crippen LogP contribution < -0.4 is 4.72 Å². The average Bonchev–Trinajstić information content (AvgIpc) is 2.97. The van der Waals surface area contributed by atoms with Gasteiger partial charge in [-0.1, -0.05) is 6.07 Å². The first-order valence-electron chi connectivity index (χ1n) is 7.68. The van der Waals surface area contributed by atoms with E-state index in [9.17, 15) is 21.6 Å². The molecule has 0 aliphatic carbocycles. The molecule has 0 spiro atoms. The first kappa shape index (κ1) is 18.4. The van der Waals surface area contributed by atoms with Crippen LogP contribution in [0.3, 0.4) is 0 Å². The van der Waals surface area contributed by atoms with Gasteiger partial charge in [0.05, 0.1) is 22.7 Å². The summed E-state index contributed by atoms with van der Waals surface area (Å²) in [5.74, 6) is 0. The zero-order valence-corrected chi connectivity index (χ0v) is 14.8. The molecule has 2 aromatic heterocycles. The minimum atomic E-state index is -4.45. The Labute approximate surface area is 148 Å². The number of hydrogen-bond donors (Lipinski definition) is 1. The molecular formula is C17H16F3N3O2S. The highest BCUT2D eigenvalue weighted by Gasteiger charge is 2.30. The Kier molecular flexibility index (Phi) is 4.53. The van der Waals surface area contributed by atoms with Crippen molar-refractivity contribution in [3.8, 4) is 0 Å². The lowest BCUT2D eigenvalue weighted by Crippen LogP contribution is -2.23. The number of nitrogens with zero attached hydrogens (tertiary/aromatic N) is 2. The maximum atomic E-state index is 12.8. The number of halogens is 3. The SMILES string of the molecule is Cc1ccc(S(=O)(=O)NCc2cn3cc(C(F)(F)F)ccc3n2)cc1C. The number of fused-ring (bicyclic) bond motifs is 1. The molecule has 0 saturated carbocycles. The number of pyridine rings is 1. The molecule has 3 rings (SSSR count). The standard InChI is InChI=1S/C17H16F3N3O2S/c1-11-3-5-15(7-12(11)2)26(24,25)21-8-14-10-23-9-13(17(18,19)20)4-6-16(23)22-14/h3-7,9-10,21H,8H2,1-2H3. The molecule has 3 aromatic rings. The molecule has 1 N–H and O–H groups in total. The number of imidazole rings is 1. The second kappa shape index (κ2) is 6.40. The third-order valence-electron chi connectivity index (χ3n) is 4.06. The highest BCUT2D eigenvalue weighted by atomic mass is 32.2. The fourth-order valence-electron chi connectivity index (χ4n) is 2.43. The third-order valence-corrected chi connectivity index (χ3v) is 5.46. The highest BCUT2D eigenvalue weighted by Crippen LogP contribution is 2.29. The van der Waals surface area contributed by atoms with Crippen molar-refractivity contribution in [1.82, 2.24) is 14.1 Å². The van der Waals surface area contributed by atoms with Gasteiger partial charge in [0.1, 0.15) is 5.65 Å². The number of nitrogens with one attached hydrogen (secondary N) is 1. The van der Waals surface area contributed by atoms with Crippen LogP contribution in [0.5, 0.6) is 0 Å². The molecule has 0 fully saturated rings. The molecule has 138 valence electrons. The lowest BCUT2D eigenvalue weighted by molar-refractivity contribution is -0.137. The maximum Gasteiger partial charge on any atom is 0.417 e. The van der Waals surface area contributed by atoms with Gasteiger partial charge in [0, 0.05) is 12.4 Å². The summed E-state index contributed by atoms with van der Waals surface area (Å²) in [4.78, 5) is 4.26. The molecule has 0 radical (unpaired) electrons. The van der Waals surface area contributed by atoms with E-state index in [0.717, 1.165) is 23.4 Å². The molecule has 1 aromatic carbocycles. The van der Waals surface area contributed by atoms with Crippen molar-refractivity contribution < 1.29 is 21.6 Å². The maximum absolute atomic E-state index is 12.8. The van der Waals surface area contributed by atoms with Crippen LogP contribution in [0.4, 0.5) is 13.2 Å². The van der Waals surface area contributed by atoms with Gasteiger partial charge in [0.25, 0.3) is 0 Å². The fraction of sp³-hybridized carbons (Fsp3) is 0.235. The van der Waals surface area contributed by atoms with Crippen LogP contribution >= 0.6 is 0 Å². The molecule has 0 amide bonds. The van der Waals surface area contributed by atoms with E-state index in [1.165, 1.54) is 22.7 Å². The smallest absolute Gasteiger partial charge is 0.306 e. The Morgan fingerprint density at radius 3 is 2.46 bits per heavy atom. The van der Waals surface area contributed by atoms with Crippen molar-refractivity contribution >= 4 is 15.7 Å². The molecule has 0 aliphatic rings. The van der Waals surface area contributed by atoms with Crippen molar-refractivity contribution in [2.24, 2.45) is 0 Å². The first-order chi connectivity index (χ1) is 12.1. The van der Waals surface area contributed by atoms with Gasteiger partial charge in [-0.25, -0.2) is 18.1 Å². The molecule has 0 bridgehead atoms. The monoisotopic (exact) mass is 383 g/mol. The molecule has 0 atom stereocenters. The summed E-state index contributed by atoms with van der Waals surface area (Å²) in [7, 11) is -3.75. The lowest BCUT2D eigenvalue weighted by atomic mass is 10.1. The average molecular weight is 383 g/mol. The van der Waals surface area contributed by atoms with Crippen molar-refractivity contribution in [2.75, 3.05) is 0 Å². The van der Waals surface area contributed by atoms with E-state index in [4.69, 9.17) is 0 Å². The van der Waals surface area contributed by atoms with Gasteiger partial charge >= 0.3 is 6.18 Å². The van der Waals surface area contributed by atoms with Crippen LogP contribution in [-0.4, -0.2) is 17.8 Å². The Balaban J connectivity index is 1.81. The minimum absolute atomic E-state index is 0.127. The fourth-order valence-corrected chi connectivity index (χ4v) is 3.51. The van der Waals surface area contributed by atoms with Gasteiger partial charge in [-0.3, -0.25) is 0 Å². The van der Waals surface area contributed by atoms with Crippen LogP contribution in [0.25, 0.3) is 5.65 Å². The van der Waals surface area contributed by atoms with Crippen LogP contribution in [0.15, 0.2) is 47.6 Å². The van der Waals surface area contributed by atoms with Crippen LogP contribution in [0.1, 0.15) is 22.4 Å². The number of hydrogen-bond acceptors (Lipinski definition) is 3. The molecule has 0 aliphatic heterocycles. The Morgan fingerprint density at radius 2 is 1.81 bits per heavy atom. The van der Waals surface area contributed by atoms with E-state index < -0.39 is 21.8 Å². The summed E-state index contributed by atoms with van der Waals surface area (Å²) >= 11 is 0. The summed E-state index contributed by atoms with van der Waals surface area (Å²) in [5.41, 5.74) is 1.64. The topological polar surface area (TPSA) is 63.5 Å². The molecule has 9 heteroatoms. The highest BCUT2D eigenvalue weighted by molar-refractivity contribution is 7.89. The summed E-state index contributed by atoms with van der Waals surface area (Å²) in [6.45, 7) is 3.57. The number of alkyl halides is 3. The van der Waals surface area contributed by atoms with E-state index in [1.54, 1.807) is 12.1 Å². The van der Waals surface area contributed by atoms with Crippen LogP contribution in [0, 0.1) is 13.8 Å². The quantitative estimate of drug-likeness (QED) is 0.751. The number of benzene rings is 1. The van der Waals surface area contributed by atoms with Crippen molar-refractivity contribution in [1.29, 1.82) is 0 Å². The van der Waals surface area contributed by atoms with Gasteiger partial charge in [0.2, 0.25) is 10.0 Å². The zero-order chi connectivity index (χ0) is 19.1. The lowest BCUT2D eigenvalue weighted by Gasteiger charge is -2.07. The predicted molar refractivity (Wildman–Crippen MR) is 90.1 cm³/mol. The largest absolute Gasteiger partial charge is 0.417 e. The zero-order valence-electron chi connectivity index (χ0n) is 14.0. The minimum Gasteiger partial charge on any atom is -0.306 e. The first-order valence-corrected chi connectivity index (χ1v) is 9.16. The van der Waals surface area contributed by atoms with E-state index in [-0.39, 0.29) is 11.4 Å². The Morgan fingerprint density at radius 1 is 1.08 bits per heavy atom. The van der Waals surface area contributed by atoms with E-state index >= 15 is 0 Å². The van der Waals surface area contributed by atoms with E-state index in [0.29, 0.717) is 11.3 Å². The van der Waals surface area contributed by atoms with Crippen molar-refractivity contribution in [2.45, 2.75) is 31.5 Å². The van der Waals surface area contributed by atoms with E-state index in [2.05, 4.69) is 9.71 Å². The van der Waals surface area contributed by atoms with Gasteiger partial charge in [-0.15, -0.1) is 0 Å². The summed E-state index contributed by atoms with van der Waals surface area (Å²) in [5, 5.41) is 0. The normalized spacial score (nSPS) is 12.7. The second-order valence-corrected chi connectivity index (χ2v) is 7.75. The van der Waals surface area contributed by atoms with Crippen molar-refractivity contribution in [3.63, 3.8) is 0 Å². The third kappa shape index (κ3) is 3.73. The number of aryl methyl sites for hydroxylation is 2. The Bertz CT molecular complexity index is 1070. The number of rotatable bonds is 4. The molecule has 26 heavy (non-hydrogen) atoms. The molecule has 0 saturated heterocycles. The molecular weight excluding hydrogens is 367 g/mol. The van der Waals surface area contributed by atoms with E-state index in [1.807, 2.05) is 13.8 Å². The predicted octanol–water partition coefficient (Wildman–Crippen LogP) is 3.45. The number of aromatic nitrogens is 2. The summed E-state index contributed by atoms with van der Waals surface area (Å²) < 4.78 is 66.6. The van der Waals surface area contributed by atoms with Gasteiger partial charge < -0.3 is 4.40 Å². The van der Waals surface area contributed by atoms with Crippen LogP contribution in [-0.2, 0) is 22.7 Å². The van der Waals surface area contributed by atoms with Crippen molar-refractivity contribution in [3.05, 3.63) is 65.1 Å². The molecule has 5 nitrogen and oxygen atoms in total. The summed E-state index contributed by atoms with van der Waals surface area (Å²) in [6, 6.07) is 6.96. The summed E-state index contributed by atoms with van der Waals surface area (Å²) in [6.07, 6.45) is -2.17. The molecule has 2 heterocycles. The van der Waals surface area contributed by atoms with Crippen LogP contribution in [0.2, 0.25) is 0 Å². The molecule has 0 unspecified atom stereocenters. The second-order valence-electron chi connectivity index (χ2n) is 5.98. The van der Waals surface area contributed by atoms with Gasteiger partial charge in [0.15, 0.2) is 0 Å². The van der Waals surface area contributed by atoms with Gasteiger partial charge in [-0.05, 0) is 49.2 Å². The van der Waals surface area contributed by atoms with Gasteiger partial charge in [-0.2, -0.15) is 13.2 Å².